The number of hydrogen-bond donors (Lipinski definition) is 2. The highest BCUT2D eigenvalue weighted by molar-refractivity contribution is 9.10. The molecule has 136 valence electrons. The Bertz CT molecular complexity index is 820. The minimum absolute atomic E-state index is 0.279. The van der Waals surface area contributed by atoms with Crippen molar-refractivity contribution in [3.8, 4) is 5.75 Å². The molecule has 26 heavy (non-hydrogen) atoms. The zero-order valence-electron chi connectivity index (χ0n) is 13.5. The summed E-state index contributed by atoms with van der Waals surface area (Å²) in [6.45, 7) is 3.58. The average Bonchev–Trinajstić information content (AvgIpc) is 2.59. The van der Waals surface area contributed by atoms with Crippen LogP contribution >= 0.6 is 39.1 Å². The number of ether oxygens (including phenoxy) is 1. The summed E-state index contributed by atoms with van der Waals surface area (Å²) in [5.41, 5.74) is 0.720. The van der Waals surface area contributed by atoms with Crippen LogP contribution in [0, 0.1) is 0 Å². The van der Waals surface area contributed by atoms with E-state index in [1.807, 2.05) is 0 Å². The molecular formula is C18H15BrCl2N2O3. The molecule has 2 aromatic rings. The van der Waals surface area contributed by atoms with Gasteiger partial charge in [-0.05, 0) is 40.2 Å². The molecule has 8 heteroatoms. The van der Waals surface area contributed by atoms with Gasteiger partial charge in [-0.25, -0.2) is 0 Å². The van der Waals surface area contributed by atoms with Crippen LogP contribution in [0.1, 0.15) is 10.4 Å². The van der Waals surface area contributed by atoms with Crippen LogP contribution in [0.25, 0.3) is 0 Å². The van der Waals surface area contributed by atoms with E-state index in [0.717, 1.165) is 0 Å². The molecule has 0 saturated carbocycles. The maximum absolute atomic E-state index is 12.2. The molecule has 2 amide bonds. The summed E-state index contributed by atoms with van der Waals surface area (Å²) in [5.74, 6) is -0.444. The smallest absolute Gasteiger partial charge is 0.262 e. The lowest BCUT2D eigenvalue weighted by Gasteiger charge is -2.13. The standard InChI is InChI=1S/C18H15BrCl2N2O3/c1-2-7-22-18(25)12-5-3-4-6-15(12)23-16(24)10-26-17-13(19)8-11(20)9-14(17)21/h2-6,8-9H,1,7,10H2,(H,22,25)(H,23,24). The number of nitrogens with one attached hydrogen (secondary N) is 2. The summed E-state index contributed by atoms with van der Waals surface area (Å²) >= 11 is 15.2. The van der Waals surface area contributed by atoms with E-state index in [1.54, 1.807) is 36.4 Å². The van der Waals surface area contributed by atoms with Crippen molar-refractivity contribution in [3.05, 3.63) is 69.1 Å². The normalized spacial score (nSPS) is 10.1. The van der Waals surface area contributed by atoms with Crippen LogP contribution in [-0.4, -0.2) is 25.0 Å². The lowest BCUT2D eigenvalue weighted by atomic mass is 10.1. The van der Waals surface area contributed by atoms with Crippen LogP contribution in [-0.2, 0) is 4.79 Å². The highest BCUT2D eigenvalue weighted by Gasteiger charge is 2.14. The van der Waals surface area contributed by atoms with E-state index < -0.39 is 5.91 Å². The molecule has 0 radical (unpaired) electrons. The molecule has 0 aliphatic heterocycles. The van der Waals surface area contributed by atoms with Crippen molar-refractivity contribution in [2.45, 2.75) is 0 Å². The summed E-state index contributed by atoms with van der Waals surface area (Å²) in [5, 5.41) is 6.04. The molecule has 2 aromatic carbocycles. The molecule has 0 aliphatic rings. The first kappa shape index (κ1) is 20.3. The van der Waals surface area contributed by atoms with Gasteiger partial charge in [-0.15, -0.1) is 6.58 Å². The maximum Gasteiger partial charge on any atom is 0.262 e. The van der Waals surface area contributed by atoms with Crippen LogP contribution in [0.2, 0.25) is 10.0 Å². The first-order valence-electron chi connectivity index (χ1n) is 7.47. The van der Waals surface area contributed by atoms with Crippen LogP contribution in [0.5, 0.6) is 5.75 Å². The van der Waals surface area contributed by atoms with Gasteiger partial charge in [0.1, 0.15) is 0 Å². The van der Waals surface area contributed by atoms with Gasteiger partial charge in [-0.2, -0.15) is 0 Å². The number of hydrogen-bond acceptors (Lipinski definition) is 3. The number of rotatable bonds is 7. The number of anilines is 1. The molecule has 0 aromatic heterocycles. The first-order chi connectivity index (χ1) is 12.4. The van der Waals surface area contributed by atoms with E-state index in [1.165, 1.54) is 6.07 Å². The Morgan fingerprint density at radius 2 is 1.96 bits per heavy atom. The second kappa shape index (κ2) is 9.62. The highest BCUT2D eigenvalue weighted by Crippen LogP contribution is 2.36. The van der Waals surface area contributed by atoms with Crippen molar-refractivity contribution in [2.24, 2.45) is 0 Å². The van der Waals surface area contributed by atoms with Gasteiger partial charge in [0.25, 0.3) is 11.8 Å². The second-order valence-corrected chi connectivity index (χ2v) is 6.78. The lowest BCUT2D eigenvalue weighted by Crippen LogP contribution is -2.26. The second-order valence-electron chi connectivity index (χ2n) is 5.08. The van der Waals surface area contributed by atoms with E-state index in [4.69, 9.17) is 27.9 Å². The van der Waals surface area contributed by atoms with Crippen molar-refractivity contribution >= 4 is 56.6 Å². The fourth-order valence-corrected chi connectivity index (χ4v) is 3.41. The number of halogens is 3. The van der Waals surface area contributed by atoms with Crippen LogP contribution < -0.4 is 15.4 Å². The van der Waals surface area contributed by atoms with Gasteiger partial charge in [-0.3, -0.25) is 9.59 Å². The Morgan fingerprint density at radius 3 is 2.65 bits per heavy atom. The molecule has 0 heterocycles. The largest absolute Gasteiger partial charge is 0.481 e. The third-order valence-corrected chi connectivity index (χ3v) is 4.25. The van der Waals surface area contributed by atoms with Crippen molar-refractivity contribution in [1.29, 1.82) is 0 Å². The van der Waals surface area contributed by atoms with Crippen LogP contribution in [0.15, 0.2) is 53.5 Å². The summed E-state index contributed by atoms with van der Waals surface area (Å²) < 4.78 is 5.99. The predicted octanol–water partition coefficient (Wildman–Crippen LogP) is 4.69. The van der Waals surface area contributed by atoms with Gasteiger partial charge < -0.3 is 15.4 Å². The molecule has 0 spiro atoms. The zero-order valence-corrected chi connectivity index (χ0v) is 16.6. The van der Waals surface area contributed by atoms with Gasteiger partial charge in [-0.1, -0.05) is 41.4 Å². The molecule has 0 fully saturated rings. The number of carbonyl (C=O) groups excluding carboxylic acids is 2. The minimum atomic E-state index is -0.438. The van der Waals surface area contributed by atoms with Crippen molar-refractivity contribution in [3.63, 3.8) is 0 Å². The molecule has 0 unspecified atom stereocenters. The van der Waals surface area contributed by atoms with Gasteiger partial charge in [0.05, 0.1) is 20.7 Å². The predicted molar refractivity (Wildman–Crippen MR) is 107 cm³/mol. The average molecular weight is 458 g/mol. The molecule has 2 rings (SSSR count). The van der Waals surface area contributed by atoms with E-state index in [9.17, 15) is 9.59 Å². The monoisotopic (exact) mass is 456 g/mol. The van der Waals surface area contributed by atoms with Crippen LogP contribution in [0.3, 0.4) is 0 Å². The first-order valence-corrected chi connectivity index (χ1v) is 9.02. The third kappa shape index (κ3) is 5.49. The molecule has 2 N–H and O–H groups in total. The zero-order chi connectivity index (χ0) is 19.1. The van der Waals surface area contributed by atoms with Crippen molar-refractivity contribution in [2.75, 3.05) is 18.5 Å². The van der Waals surface area contributed by atoms with E-state index >= 15 is 0 Å². The molecule has 5 nitrogen and oxygen atoms in total. The Balaban J connectivity index is 2.05. The van der Waals surface area contributed by atoms with Gasteiger partial charge in [0, 0.05) is 11.6 Å². The quantitative estimate of drug-likeness (QED) is 0.592. The molecule has 0 saturated heterocycles. The summed E-state index contributed by atoms with van der Waals surface area (Å²) in [7, 11) is 0. The Kier molecular flexibility index (Phi) is 7.50. The topological polar surface area (TPSA) is 67.4 Å². The molecule has 0 atom stereocenters. The maximum atomic E-state index is 12.2. The summed E-state index contributed by atoms with van der Waals surface area (Å²) in [6, 6.07) is 9.79. The van der Waals surface area contributed by atoms with Gasteiger partial charge in [0.15, 0.2) is 12.4 Å². The molecule has 0 aliphatic carbocycles. The van der Waals surface area contributed by atoms with Crippen molar-refractivity contribution < 1.29 is 14.3 Å². The Hall–Kier alpha value is -2.02. The number of para-hydroxylation sites is 1. The van der Waals surface area contributed by atoms with Gasteiger partial charge >= 0.3 is 0 Å². The fourth-order valence-electron chi connectivity index (χ4n) is 2.04. The third-order valence-electron chi connectivity index (χ3n) is 3.16. The van der Waals surface area contributed by atoms with Crippen LogP contribution in [0.4, 0.5) is 5.69 Å². The summed E-state index contributed by atoms with van der Waals surface area (Å²) in [4.78, 5) is 24.3. The number of benzene rings is 2. The number of carbonyl (C=O) groups is 2. The Labute approximate surface area is 169 Å². The fraction of sp³-hybridized carbons (Fsp3) is 0.111. The van der Waals surface area contributed by atoms with E-state index in [0.29, 0.717) is 33.0 Å². The summed E-state index contributed by atoms with van der Waals surface area (Å²) in [6.07, 6.45) is 1.57. The molecular weight excluding hydrogens is 443 g/mol. The highest BCUT2D eigenvalue weighted by atomic mass is 79.9. The number of amides is 2. The Morgan fingerprint density at radius 1 is 1.23 bits per heavy atom. The van der Waals surface area contributed by atoms with E-state index in [2.05, 4.69) is 33.1 Å². The SMILES string of the molecule is C=CCNC(=O)c1ccccc1NC(=O)COc1c(Cl)cc(Cl)cc1Br. The van der Waals surface area contributed by atoms with E-state index in [-0.39, 0.29) is 17.5 Å². The van der Waals surface area contributed by atoms with Crippen molar-refractivity contribution in [1.82, 2.24) is 5.32 Å². The minimum Gasteiger partial charge on any atom is -0.481 e. The van der Waals surface area contributed by atoms with Gasteiger partial charge in [0.2, 0.25) is 0 Å². The molecule has 0 bridgehead atoms. The lowest BCUT2D eigenvalue weighted by molar-refractivity contribution is -0.118.